The number of nitrogens with one attached hydrogen (secondary N) is 1. The van der Waals surface area contributed by atoms with Gasteiger partial charge in [-0.05, 0) is 70.8 Å². The Bertz CT molecular complexity index is 1190. The SMILES string of the molecule is C[C@H](Nc1nccc(N2C(=O)OC[C@]2(C)C2CC2)n1)c1ccc(CN2CCC(N(C)C)C(F)(F)C2)c(F)c1. The van der Waals surface area contributed by atoms with Crippen LogP contribution in [-0.2, 0) is 11.3 Å². The van der Waals surface area contributed by atoms with E-state index >= 15 is 4.39 Å². The Morgan fingerprint density at radius 3 is 2.66 bits per heavy atom. The van der Waals surface area contributed by atoms with Crippen molar-refractivity contribution in [1.82, 2.24) is 19.8 Å². The molecule has 3 heterocycles. The van der Waals surface area contributed by atoms with Crippen LogP contribution in [0.25, 0.3) is 0 Å². The predicted octanol–water partition coefficient (Wildman–Crippen LogP) is 4.69. The van der Waals surface area contributed by atoms with Crippen LogP contribution in [0.3, 0.4) is 0 Å². The molecule has 5 rings (SSSR count). The van der Waals surface area contributed by atoms with Crippen molar-refractivity contribution in [3.05, 3.63) is 47.4 Å². The van der Waals surface area contributed by atoms with Crippen molar-refractivity contribution in [2.24, 2.45) is 5.92 Å². The van der Waals surface area contributed by atoms with Crippen molar-refractivity contribution in [2.45, 2.75) is 63.2 Å². The first kappa shape index (κ1) is 26.7. The second-order valence-corrected chi connectivity index (χ2v) is 11.2. The Morgan fingerprint density at radius 1 is 1.24 bits per heavy atom. The molecule has 38 heavy (non-hydrogen) atoms. The number of alkyl halides is 2. The first-order chi connectivity index (χ1) is 18.0. The molecule has 0 radical (unpaired) electrons. The van der Waals surface area contributed by atoms with Crippen LogP contribution < -0.4 is 10.2 Å². The van der Waals surface area contributed by atoms with Crippen LogP contribution >= 0.6 is 0 Å². The molecule has 1 saturated carbocycles. The number of anilines is 2. The van der Waals surface area contributed by atoms with Gasteiger partial charge in [0.05, 0.1) is 24.2 Å². The van der Waals surface area contributed by atoms with Crippen molar-refractivity contribution in [2.75, 3.05) is 44.0 Å². The van der Waals surface area contributed by atoms with Crippen LogP contribution in [0.1, 0.15) is 50.3 Å². The first-order valence-electron chi connectivity index (χ1n) is 13.1. The zero-order valence-electron chi connectivity index (χ0n) is 22.3. The Labute approximate surface area is 221 Å². The van der Waals surface area contributed by atoms with E-state index in [1.165, 1.54) is 6.07 Å². The summed E-state index contributed by atoms with van der Waals surface area (Å²) in [6, 6.07) is 5.39. The fraction of sp³-hybridized carbons (Fsp3) is 0.593. The molecule has 8 nitrogen and oxygen atoms in total. The van der Waals surface area contributed by atoms with Crippen LogP contribution in [0.4, 0.5) is 29.7 Å². The molecule has 1 amide bonds. The summed E-state index contributed by atoms with van der Waals surface area (Å²) in [7, 11) is 3.32. The number of halogens is 3. The molecular weight excluding hydrogens is 497 g/mol. The molecule has 2 aromatic rings. The summed E-state index contributed by atoms with van der Waals surface area (Å²) >= 11 is 0. The fourth-order valence-electron chi connectivity index (χ4n) is 5.70. The van der Waals surface area contributed by atoms with E-state index in [0.717, 1.165) is 12.8 Å². The van der Waals surface area contributed by atoms with Crippen LogP contribution in [0.15, 0.2) is 30.5 Å². The molecule has 1 unspecified atom stereocenters. The zero-order valence-corrected chi connectivity index (χ0v) is 22.3. The monoisotopic (exact) mass is 532 g/mol. The van der Waals surface area contributed by atoms with Gasteiger partial charge in [-0.1, -0.05) is 12.1 Å². The van der Waals surface area contributed by atoms with E-state index in [2.05, 4.69) is 15.3 Å². The van der Waals surface area contributed by atoms with E-state index < -0.39 is 36.0 Å². The Morgan fingerprint density at radius 2 is 2.00 bits per heavy atom. The number of hydrogen-bond donors (Lipinski definition) is 1. The largest absolute Gasteiger partial charge is 0.447 e. The molecule has 3 atom stereocenters. The van der Waals surface area contributed by atoms with Gasteiger partial charge in [0.25, 0.3) is 5.92 Å². The number of hydrogen-bond acceptors (Lipinski definition) is 7. The van der Waals surface area contributed by atoms with Crippen LogP contribution in [0.2, 0.25) is 0 Å². The normalized spacial score (nSPS) is 26.5. The van der Waals surface area contributed by atoms with E-state index in [1.807, 2.05) is 13.8 Å². The van der Waals surface area contributed by atoms with Crippen molar-refractivity contribution in [3.63, 3.8) is 0 Å². The molecule has 2 saturated heterocycles. The number of piperidine rings is 1. The van der Waals surface area contributed by atoms with Crippen LogP contribution in [0.5, 0.6) is 0 Å². The van der Waals surface area contributed by atoms with Gasteiger partial charge in [0.15, 0.2) is 0 Å². The van der Waals surface area contributed by atoms with Gasteiger partial charge in [0.2, 0.25) is 5.95 Å². The van der Waals surface area contributed by atoms with E-state index in [1.54, 1.807) is 53.2 Å². The minimum atomic E-state index is -2.85. The third-order valence-electron chi connectivity index (χ3n) is 8.09. The van der Waals surface area contributed by atoms with Crippen molar-refractivity contribution >= 4 is 17.9 Å². The lowest BCUT2D eigenvalue weighted by molar-refractivity contribution is -0.119. The molecule has 11 heteroatoms. The molecule has 0 bridgehead atoms. The smallest absolute Gasteiger partial charge is 0.416 e. The van der Waals surface area contributed by atoms with Gasteiger partial charge in [0.1, 0.15) is 18.2 Å². The summed E-state index contributed by atoms with van der Waals surface area (Å²) < 4.78 is 49.5. The number of aromatic nitrogens is 2. The highest BCUT2D eigenvalue weighted by Gasteiger charge is 2.54. The summed E-state index contributed by atoms with van der Waals surface area (Å²) in [6.07, 6.45) is 3.59. The van der Waals surface area contributed by atoms with Crippen molar-refractivity contribution in [3.8, 4) is 0 Å². The van der Waals surface area contributed by atoms with E-state index in [4.69, 9.17) is 4.74 Å². The molecule has 206 valence electrons. The summed E-state index contributed by atoms with van der Waals surface area (Å²) in [5, 5.41) is 3.18. The van der Waals surface area contributed by atoms with Gasteiger partial charge in [0, 0.05) is 24.8 Å². The second kappa shape index (κ2) is 10.00. The molecule has 1 N–H and O–H groups in total. The van der Waals surface area contributed by atoms with E-state index in [0.29, 0.717) is 48.4 Å². The minimum Gasteiger partial charge on any atom is -0.447 e. The highest BCUT2D eigenvalue weighted by atomic mass is 19.3. The Balaban J connectivity index is 1.25. The number of nitrogens with zero attached hydrogens (tertiary/aromatic N) is 5. The van der Waals surface area contributed by atoms with Crippen molar-refractivity contribution in [1.29, 1.82) is 0 Å². The number of carbonyl (C=O) groups excluding carboxylic acids is 1. The van der Waals surface area contributed by atoms with Crippen LogP contribution in [0, 0.1) is 11.7 Å². The summed E-state index contributed by atoms with van der Waals surface area (Å²) in [5.41, 5.74) is 0.615. The van der Waals surface area contributed by atoms with Gasteiger partial charge in [-0.15, -0.1) is 0 Å². The Kier molecular flexibility index (Phi) is 7.02. The summed E-state index contributed by atoms with van der Waals surface area (Å²) in [4.78, 5) is 26.1. The van der Waals surface area contributed by atoms with Gasteiger partial charge in [-0.3, -0.25) is 9.80 Å². The zero-order chi connectivity index (χ0) is 27.2. The lowest BCUT2D eigenvalue weighted by Gasteiger charge is -2.41. The summed E-state index contributed by atoms with van der Waals surface area (Å²) in [6.45, 7) is 4.42. The Hall–Kier alpha value is -2.92. The van der Waals surface area contributed by atoms with E-state index in [-0.39, 0.29) is 12.6 Å². The number of benzene rings is 1. The molecule has 0 spiro atoms. The van der Waals surface area contributed by atoms with E-state index in [9.17, 15) is 13.6 Å². The maximum Gasteiger partial charge on any atom is 0.416 e. The highest BCUT2D eigenvalue weighted by Crippen LogP contribution is 2.47. The molecule has 1 aliphatic carbocycles. The quantitative estimate of drug-likeness (QED) is 0.529. The number of likely N-dealkylation sites (tertiary alicyclic amines) is 1. The first-order valence-corrected chi connectivity index (χ1v) is 13.1. The molecule has 3 aliphatic rings. The van der Waals surface area contributed by atoms with Crippen LogP contribution in [-0.4, -0.2) is 77.2 Å². The lowest BCUT2D eigenvalue weighted by atomic mass is 9.96. The topological polar surface area (TPSA) is 73.8 Å². The third kappa shape index (κ3) is 5.18. The van der Waals surface area contributed by atoms with Gasteiger partial charge in [-0.25, -0.2) is 22.9 Å². The van der Waals surface area contributed by atoms with Gasteiger partial charge >= 0.3 is 6.09 Å². The molecular formula is C27H35F3N6O2. The number of rotatable bonds is 8. The molecule has 1 aromatic heterocycles. The average Bonchev–Trinajstić information content (AvgIpc) is 3.65. The van der Waals surface area contributed by atoms with Gasteiger partial charge in [-0.2, -0.15) is 4.98 Å². The molecule has 2 aliphatic heterocycles. The number of ether oxygens (including phenoxy) is 1. The van der Waals surface area contributed by atoms with Gasteiger partial charge < -0.3 is 15.0 Å². The van der Waals surface area contributed by atoms with Crippen molar-refractivity contribution < 1.29 is 22.7 Å². The maximum atomic E-state index is 15.0. The molecule has 3 fully saturated rings. The second-order valence-electron chi connectivity index (χ2n) is 11.2. The minimum absolute atomic E-state index is 0.126. The lowest BCUT2D eigenvalue weighted by Crippen LogP contribution is -2.56. The highest BCUT2D eigenvalue weighted by molar-refractivity contribution is 5.90. The maximum absolute atomic E-state index is 15.0. The average molecular weight is 533 g/mol. The number of carbonyl (C=O) groups is 1. The number of cyclic esters (lactones) is 1. The summed E-state index contributed by atoms with van der Waals surface area (Å²) in [5.74, 6) is -2.14. The standard InChI is InChI=1S/C27H35F3N6O2/c1-17(32-24-31-11-9-23(33-24)36-25(37)38-16-26(36,2)20-7-8-20)18-5-6-19(21(28)13-18)14-35-12-10-22(34(3)4)27(29,30)15-35/h5-6,9,11,13,17,20,22H,7-8,10,12,14-16H2,1-4H3,(H,31,32,33)/t17-,22?,26+/m0/s1. The molecule has 1 aromatic carbocycles. The third-order valence-corrected chi connectivity index (χ3v) is 8.09. The fourth-order valence-corrected chi connectivity index (χ4v) is 5.70. The predicted molar refractivity (Wildman–Crippen MR) is 138 cm³/mol. The number of amides is 1.